The van der Waals surface area contributed by atoms with E-state index in [4.69, 9.17) is 9.47 Å². The van der Waals surface area contributed by atoms with Crippen molar-refractivity contribution in [2.24, 2.45) is 5.92 Å². The SMILES string of the molecule is CCCc1ccc(-c2ccc(C3CCC(COC)CO3)c(F)c2)c(F)c1F. The molecule has 2 aromatic rings. The molecule has 2 unspecified atom stereocenters. The first kappa shape index (κ1) is 19.9. The highest BCUT2D eigenvalue weighted by Gasteiger charge is 2.25. The monoisotopic (exact) mass is 378 g/mol. The second-order valence-corrected chi connectivity index (χ2v) is 7.11. The van der Waals surface area contributed by atoms with Crippen LogP contribution in [0.25, 0.3) is 11.1 Å². The van der Waals surface area contributed by atoms with Crippen LogP contribution in [-0.4, -0.2) is 20.3 Å². The number of methoxy groups -OCH3 is 1. The van der Waals surface area contributed by atoms with Gasteiger partial charge in [-0.05, 0) is 36.5 Å². The fraction of sp³-hybridized carbons (Fsp3) is 0.455. The second kappa shape index (κ2) is 8.89. The van der Waals surface area contributed by atoms with E-state index in [0.29, 0.717) is 48.7 Å². The van der Waals surface area contributed by atoms with Crippen LogP contribution in [0.5, 0.6) is 0 Å². The van der Waals surface area contributed by atoms with Crippen molar-refractivity contribution in [2.75, 3.05) is 20.3 Å². The molecule has 1 fully saturated rings. The molecule has 2 nitrogen and oxygen atoms in total. The molecule has 0 aromatic heterocycles. The van der Waals surface area contributed by atoms with Gasteiger partial charge in [-0.2, -0.15) is 0 Å². The van der Waals surface area contributed by atoms with Crippen LogP contribution in [0.4, 0.5) is 13.2 Å². The van der Waals surface area contributed by atoms with Gasteiger partial charge >= 0.3 is 0 Å². The number of benzene rings is 2. The summed E-state index contributed by atoms with van der Waals surface area (Å²) in [4.78, 5) is 0. The summed E-state index contributed by atoms with van der Waals surface area (Å²) in [5.74, 6) is -1.91. The van der Waals surface area contributed by atoms with Crippen LogP contribution >= 0.6 is 0 Å². The van der Waals surface area contributed by atoms with E-state index in [1.54, 1.807) is 25.3 Å². The summed E-state index contributed by atoms with van der Waals surface area (Å²) in [6.07, 6.45) is 2.49. The topological polar surface area (TPSA) is 18.5 Å². The van der Waals surface area contributed by atoms with Gasteiger partial charge in [-0.25, -0.2) is 13.2 Å². The Bertz CT molecular complexity index is 783. The van der Waals surface area contributed by atoms with Crippen molar-refractivity contribution in [2.45, 2.75) is 38.7 Å². The van der Waals surface area contributed by atoms with Gasteiger partial charge in [-0.15, -0.1) is 0 Å². The third-order valence-electron chi connectivity index (χ3n) is 5.11. The predicted molar refractivity (Wildman–Crippen MR) is 99.0 cm³/mol. The third kappa shape index (κ3) is 4.36. The normalized spacial score (nSPS) is 20.0. The number of ether oxygens (including phenoxy) is 2. The van der Waals surface area contributed by atoms with E-state index in [0.717, 1.165) is 12.8 Å². The molecule has 0 aliphatic carbocycles. The summed E-state index contributed by atoms with van der Waals surface area (Å²) < 4.78 is 54.2. The number of hydrogen-bond donors (Lipinski definition) is 0. The highest BCUT2D eigenvalue weighted by Crippen LogP contribution is 2.35. The fourth-order valence-electron chi connectivity index (χ4n) is 3.65. The zero-order chi connectivity index (χ0) is 19.4. The summed E-state index contributed by atoms with van der Waals surface area (Å²) >= 11 is 0. The molecule has 1 saturated heterocycles. The highest BCUT2D eigenvalue weighted by molar-refractivity contribution is 5.65. The molecule has 0 radical (unpaired) electrons. The molecular weight excluding hydrogens is 353 g/mol. The average molecular weight is 378 g/mol. The molecule has 1 aliphatic rings. The van der Waals surface area contributed by atoms with Gasteiger partial charge < -0.3 is 9.47 Å². The van der Waals surface area contributed by atoms with Crippen molar-refractivity contribution in [1.29, 1.82) is 0 Å². The largest absolute Gasteiger partial charge is 0.384 e. The molecule has 27 heavy (non-hydrogen) atoms. The smallest absolute Gasteiger partial charge is 0.166 e. The molecule has 3 rings (SSSR count). The molecule has 0 saturated carbocycles. The van der Waals surface area contributed by atoms with Crippen molar-refractivity contribution in [3.8, 4) is 11.1 Å². The fourth-order valence-corrected chi connectivity index (χ4v) is 3.65. The van der Waals surface area contributed by atoms with Crippen molar-refractivity contribution in [1.82, 2.24) is 0 Å². The quantitative estimate of drug-likeness (QED) is 0.629. The summed E-state index contributed by atoms with van der Waals surface area (Å²) in [6, 6.07) is 7.59. The molecule has 146 valence electrons. The lowest BCUT2D eigenvalue weighted by atomic mass is 9.93. The lowest BCUT2D eigenvalue weighted by molar-refractivity contribution is -0.0385. The van der Waals surface area contributed by atoms with E-state index in [9.17, 15) is 13.2 Å². The van der Waals surface area contributed by atoms with Crippen LogP contribution < -0.4 is 0 Å². The summed E-state index contributed by atoms with van der Waals surface area (Å²) in [6.45, 7) is 3.07. The summed E-state index contributed by atoms with van der Waals surface area (Å²) in [5.41, 5.74) is 1.20. The van der Waals surface area contributed by atoms with Crippen molar-refractivity contribution < 1.29 is 22.6 Å². The van der Waals surface area contributed by atoms with Gasteiger partial charge in [0.15, 0.2) is 11.6 Å². The number of rotatable bonds is 6. The van der Waals surface area contributed by atoms with E-state index in [-0.39, 0.29) is 11.7 Å². The van der Waals surface area contributed by atoms with E-state index in [1.807, 2.05) is 6.92 Å². The van der Waals surface area contributed by atoms with Crippen LogP contribution in [0.15, 0.2) is 30.3 Å². The standard InChI is InChI=1S/C22H25F3O2/c1-3-4-15-6-8-17(22(25)21(15)24)16-7-9-18(19(23)11-16)20-10-5-14(12-26-2)13-27-20/h6-9,11,14,20H,3-5,10,12-13H2,1-2H3. The Morgan fingerprint density at radius 1 is 1.07 bits per heavy atom. The third-order valence-corrected chi connectivity index (χ3v) is 5.11. The first-order valence-electron chi connectivity index (χ1n) is 9.42. The lowest BCUT2D eigenvalue weighted by Crippen LogP contribution is -2.24. The number of halogens is 3. The first-order chi connectivity index (χ1) is 13.0. The lowest BCUT2D eigenvalue weighted by Gasteiger charge is -2.29. The molecule has 0 N–H and O–H groups in total. The zero-order valence-corrected chi connectivity index (χ0v) is 15.7. The van der Waals surface area contributed by atoms with Gasteiger partial charge in [0.25, 0.3) is 0 Å². The van der Waals surface area contributed by atoms with E-state index in [2.05, 4.69) is 0 Å². The molecular formula is C22H25F3O2. The molecule has 2 atom stereocenters. The van der Waals surface area contributed by atoms with Crippen LogP contribution in [0.1, 0.15) is 43.4 Å². The minimum atomic E-state index is -0.926. The minimum absolute atomic E-state index is 0.0718. The van der Waals surface area contributed by atoms with Crippen LogP contribution in [0.2, 0.25) is 0 Å². The van der Waals surface area contributed by atoms with Crippen LogP contribution in [0.3, 0.4) is 0 Å². The number of hydrogen-bond acceptors (Lipinski definition) is 2. The molecule has 1 heterocycles. The Morgan fingerprint density at radius 2 is 1.89 bits per heavy atom. The Balaban J connectivity index is 1.80. The zero-order valence-electron chi connectivity index (χ0n) is 15.7. The minimum Gasteiger partial charge on any atom is -0.384 e. The Hall–Kier alpha value is -1.85. The molecule has 0 bridgehead atoms. The van der Waals surface area contributed by atoms with E-state index < -0.39 is 17.5 Å². The van der Waals surface area contributed by atoms with Crippen molar-refractivity contribution >= 4 is 0 Å². The Morgan fingerprint density at radius 3 is 2.52 bits per heavy atom. The molecule has 0 amide bonds. The van der Waals surface area contributed by atoms with Gasteiger partial charge in [-0.1, -0.05) is 37.6 Å². The number of aryl methyl sites for hydroxylation is 1. The van der Waals surface area contributed by atoms with Gasteiger partial charge in [-0.3, -0.25) is 0 Å². The van der Waals surface area contributed by atoms with Crippen molar-refractivity contribution in [3.63, 3.8) is 0 Å². The van der Waals surface area contributed by atoms with Crippen LogP contribution in [0, 0.1) is 23.4 Å². The second-order valence-electron chi connectivity index (χ2n) is 7.11. The first-order valence-corrected chi connectivity index (χ1v) is 9.42. The Kier molecular flexibility index (Phi) is 6.55. The highest BCUT2D eigenvalue weighted by atomic mass is 19.2. The molecule has 0 spiro atoms. The van der Waals surface area contributed by atoms with E-state index >= 15 is 0 Å². The van der Waals surface area contributed by atoms with E-state index in [1.165, 1.54) is 12.1 Å². The van der Waals surface area contributed by atoms with Crippen molar-refractivity contribution in [3.05, 3.63) is 58.9 Å². The maximum atomic E-state index is 14.7. The predicted octanol–water partition coefficient (Wildman–Crippen LogP) is 5.84. The maximum Gasteiger partial charge on any atom is 0.166 e. The average Bonchev–Trinajstić information content (AvgIpc) is 2.67. The molecule has 5 heteroatoms. The summed E-state index contributed by atoms with van der Waals surface area (Å²) in [5, 5.41) is 0. The summed E-state index contributed by atoms with van der Waals surface area (Å²) in [7, 11) is 1.65. The molecule has 2 aromatic carbocycles. The van der Waals surface area contributed by atoms with Crippen LogP contribution in [-0.2, 0) is 15.9 Å². The van der Waals surface area contributed by atoms with Gasteiger partial charge in [0.05, 0.1) is 19.3 Å². The van der Waals surface area contributed by atoms with Gasteiger partial charge in [0.2, 0.25) is 0 Å². The van der Waals surface area contributed by atoms with Gasteiger partial charge in [0, 0.05) is 24.2 Å². The maximum absolute atomic E-state index is 14.7. The Labute approximate surface area is 158 Å². The van der Waals surface area contributed by atoms with Gasteiger partial charge in [0.1, 0.15) is 5.82 Å². The molecule has 1 aliphatic heterocycles.